The van der Waals surface area contributed by atoms with Gasteiger partial charge >= 0.3 is 0 Å². The molecule has 0 saturated carbocycles. The zero-order valence-electron chi connectivity index (χ0n) is 19.8. The van der Waals surface area contributed by atoms with E-state index in [0.29, 0.717) is 17.8 Å². The number of likely N-dealkylation sites (N-methyl/N-ethyl adjacent to an activating group) is 1. The largest absolute Gasteiger partial charge is 0.311 e. The van der Waals surface area contributed by atoms with Crippen LogP contribution in [0.5, 0.6) is 0 Å². The number of hydrogen-bond donors (Lipinski definition) is 0. The molecule has 3 aromatic heterocycles. The highest BCUT2D eigenvalue weighted by molar-refractivity contribution is 7.09. The van der Waals surface area contributed by atoms with Crippen molar-refractivity contribution in [2.45, 2.75) is 34.2 Å². The fraction of sp³-hybridized carbons (Fsp3) is 0.308. The van der Waals surface area contributed by atoms with Crippen LogP contribution < -0.4 is 5.56 Å². The molecule has 0 aliphatic rings. The fourth-order valence-electron chi connectivity index (χ4n) is 4.39. The van der Waals surface area contributed by atoms with Crippen LogP contribution >= 0.6 is 11.3 Å². The normalized spacial score (nSPS) is 11.5. The lowest BCUT2D eigenvalue weighted by Crippen LogP contribution is -2.29. The smallest absolute Gasteiger partial charge is 0.295 e. The van der Waals surface area contributed by atoms with E-state index < -0.39 is 0 Å². The molecule has 0 radical (unpaired) electrons. The summed E-state index contributed by atoms with van der Waals surface area (Å²) in [4.78, 5) is 30.2. The van der Waals surface area contributed by atoms with Crippen LogP contribution in [0.4, 0.5) is 0 Å². The van der Waals surface area contributed by atoms with Crippen molar-refractivity contribution < 1.29 is 4.79 Å². The maximum absolute atomic E-state index is 13.5. The monoisotopic (exact) mass is 462 g/mol. The van der Waals surface area contributed by atoms with Gasteiger partial charge in [-0.25, -0.2) is 4.68 Å². The number of carbonyl (C=O) groups excluding carboxylic acids is 1. The van der Waals surface area contributed by atoms with Gasteiger partial charge in [0.1, 0.15) is 5.69 Å². The van der Waals surface area contributed by atoms with E-state index in [-0.39, 0.29) is 11.3 Å². The average Bonchev–Trinajstić information content (AvgIpc) is 3.47. The number of thiophene rings is 1. The van der Waals surface area contributed by atoms with Crippen LogP contribution in [-0.4, -0.2) is 37.7 Å². The second-order valence-electron chi connectivity index (χ2n) is 8.34. The van der Waals surface area contributed by atoms with E-state index in [0.717, 1.165) is 35.9 Å². The van der Waals surface area contributed by atoms with Crippen molar-refractivity contribution in [3.05, 3.63) is 91.8 Å². The Morgan fingerprint density at radius 2 is 1.76 bits per heavy atom. The summed E-state index contributed by atoms with van der Waals surface area (Å²) in [5.41, 5.74) is 4.49. The highest BCUT2D eigenvalue weighted by Gasteiger charge is 2.24. The average molecular weight is 463 g/mol. The number of para-hydroxylation sites is 1. The molecular weight excluding hydrogens is 432 g/mol. The molecule has 7 heteroatoms. The van der Waals surface area contributed by atoms with Gasteiger partial charge in [-0.05, 0) is 57.0 Å². The molecule has 1 aromatic carbocycles. The Balaban J connectivity index is 1.70. The Labute approximate surface area is 198 Å². The van der Waals surface area contributed by atoms with E-state index >= 15 is 0 Å². The molecule has 4 aromatic rings. The Morgan fingerprint density at radius 1 is 1.03 bits per heavy atom. The van der Waals surface area contributed by atoms with Crippen molar-refractivity contribution in [2.75, 3.05) is 13.1 Å². The number of rotatable bonds is 8. The minimum absolute atomic E-state index is 0.0738. The van der Waals surface area contributed by atoms with E-state index in [4.69, 9.17) is 0 Å². The van der Waals surface area contributed by atoms with Gasteiger partial charge in [0.15, 0.2) is 5.78 Å². The SMILES string of the molecule is CCN(CC(=O)c1cc(C)n(-c2c(C)n(C)n(-c3ccccc3)c2=O)c1C)Cc1cccs1. The zero-order valence-corrected chi connectivity index (χ0v) is 20.6. The zero-order chi connectivity index (χ0) is 23.7. The number of carbonyl (C=O) groups is 1. The van der Waals surface area contributed by atoms with E-state index in [2.05, 4.69) is 23.3 Å². The summed E-state index contributed by atoms with van der Waals surface area (Å²) in [6.45, 7) is 9.79. The molecule has 6 nitrogen and oxygen atoms in total. The van der Waals surface area contributed by atoms with Crippen molar-refractivity contribution >= 4 is 17.1 Å². The van der Waals surface area contributed by atoms with Gasteiger partial charge in [-0.1, -0.05) is 31.2 Å². The predicted molar refractivity (Wildman–Crippen MR) is 134 cm³/mol. The Kier molecular flexibility index (Phi) is 6.54. The first-order valence-electron chi connectivity index (χ1n) is 11.1. The lowest BCUT2D eigenvalue weighted by Gasteiger charge is -2.18. The highest BCUT2D eigenvalue weighted by atomic mass is 32.1. The van der Waals surface area contributed by atoms with Gasteiger partial charge in [-0.3, -0.25) is 19.2 Å². The molecule has 3 heterocycles. The van der Waals surface area contributed by atoms with Gasteiger partial charge in [-0.15, -0.1) is 11.3 Å². The number of benzene rings is 1. The van der Waals surface area contributed by atoms with E-state index in [1.165, 1.54) is 4.88 Å². The van der Waals surface area contributed by atoms with Crippen LogP contribution in [0.3, 0.4) is 0 Å². The number of aryl methyl sites for hydroxylation is 1. The van der Waals surface area contributed by atoms with Crippen LogP contribution in [0, 0.1) is 20.8 Å². The molecule has 0 atom stereocenters. The number of aromatic nitrogens is 3. The summed E-state index contributed by atoms with van der Waals surface area (Å²) >= 11 is 1.71. The lowest BCUT2D eigenvalue weighted by atomic mass is 10.1. The van der Waals surface area contributed by atoms with Crippen LogP contribution in [0.1, 0.15) is 39.2 Å². The van der Waals surface area contributed by atoms with Crippen LogP contribution in [-0.2, 0) is 13.6 Å². The molecule has 0 amide bonds. The summed E-state index contributed by atoms with van der Waals surface area (Å²) in [6.07, 6.45) is 0. The minimum atomic E-state index is -0.102. The molecule has 0 fully saturated rings. The van der Waals surface area contributed by atoms with Crippen molar-refractivity contribution in [3.8, 4) is 11.4 Å². The molecule has 33 heavy (non-hydrogen) atoms. The minimum Gasteiger partial charge on any atom is -0.311 e. The Bertz CT molecular complexity index is 1330. The number of nitrogens with zero attached hydrogens (tertiary/aromatic N) is 4. The Hall–Kier alpha value is -3.16. The summed E-state index contributed by atoms with van der Waals surface area (Å²) in [5, 5.41) is 2.06. The maximum atomic E-state index is 13.5. The van der Waals surface area contributed by atoms with Crippen LogP contribution in [0.15, 0.2) is 58.7 Å². The molecule has 4 rings (SSSR count). The van der Waals surface area contributed by atoms with Gasteiger partial charge in [-0.2, -0.15) is 0 Å². The van der Waals surface area contributed by atoms with E-state index in [9.17, 15) is 9.59 Å². The maximum Gasteiger partial charge on any atom is 0.295 e. The van der Waals surface area contributed by atoms with Crippen molar-refractivity contribution in [2.24, 2.45) is 7.05 Å². The molecule has 172 valence electrons. The predicted octanol–water partition coefficient (Wildman–Crippen LogP) is 4.66. The standard InChI is InChI=1S/C26H30N4O2S/c1-6-28(16-22-13-10-14-33-22)17-24(31)23-15-18(2)29(19(23)3)25-20(4)27(5)30(26(25)32)21-11-8-7-9-12-21/h7-15H,6,16-17H2,1-5H3. The third-order valence-corrected chi connectivity index (χ3v) is 7.11. The molecule has 0 unspecified atom stereocenters. The van der Waals surface area contributed by atoms with Crippen LogP contribution in [0.2, 0.25) is 0 Å². The van der Waals surface area contributed by atoms with Crippen molar-refractivity contribution in [1.29, 1.82) is 0 Å². The molecule has 0 aliphatic carbocycles. The number of ketones is 1. The molecular formula is C26H30N4O2S. The van der Waals surface area contributed by atoms with Gasteiger partial charge in [0.05, 0.1) is 17.9 Å². The fourth-order valence-corrected chi connectivity index (χ4v) is 5.14. The van der Waals surface area contributed by atoms with Gasteiger partial charge in [0, 0.05) is 35.4 Å². The Morgan fingerprint density at radius 3 is 2.39 bits per heavy atom. The lowest BCUT2D eigenvalue weighted by molar-refractivity contribution is 0.0929. The van der Waals surface area contributed by atoms with Gasteiger partial charge in [0.25, 0.3) is 5.56 Å². The molecule has 0 N–H and O–H groups in total. The quantitative estimate of drug-likeness (QED) is 0.358. The summed E-state index contributed by atoms with van der Waals surface area (Å²) in [6, 6.07) is 15.7. The molecule has 0 aliphatic heterocycles. The number of hydrogen-bond acceptors (Lipinski definition) is 4. The molecule has 0 bridgehead atoms. The van der Waals surface area contributed by atoms with E-state index in [1.807, 2.05) is 79.5 Å². The van der Waals surface area contributed by atoms with Crippen molar-refractivity contribution in [3.63, 3.8) is 0 Å². The third-order valence-electron chi connectivity index (χ3n) is 6.25. The first-order valence-corrected chi connectivity index (χ1v) is 12.0. The topological polar surface area (TPSA) is 52.2 Å². The van der Waals surface area contributed by atoms with E-state index in [1.54, 1.807) is 16.0 Å². The summed E-state index contributed by atoms with van der Waals surface area (Å²) < 4.78 is 5.47. The first kappa shape index (κ1) is 23.0. The van der Waals surface area contributed by atoms with Gasteiger partial charge < -0.3 is 4.57 Å². The highest BCUT2D eigenvalue weighted by Crippen LogP contribution is 2.23. The van der Waals surface area contributed by atoms with Crippen LogP contribution in [0.25, 0.3) is 11.4 Å². The summed E-state index contributed by atoms with van der Waals surface area (Å²) in [7, 11) is 1.89. The number of Topliss-reactive ketones (excluding diaryl/α,β-unsaturated/α-hetero) is 1. The second kappa shape index (κ2) is 9.37. The molecule has 0 saturated heterocycles. The van der Waals surface area contributed by atoms with Gasteiger partial charge in [0.2, 0.25) is 0 Å². The molecule has 0 spiro atoms. The van der Waals surface area contributed by atoms with Crippen molar-refractivity contribution in [1.82, 2.24) is 18.8 Å². The third kappa shape index (κ3) is 4.26. The first-order chi connectivity index (χ1) is 15.8. The summed E-state index contributed by atoms with van der Waals surface area (Å²) in [5.74, 6) is 0.0738. The second-order valence-corrected chi connectivity index (χ2v) is 9.37.